The van der Waals surface area contributed by atoms with E-state index in [4.69, 9.17) is 0 Å². The van der Waals surface area contributed by atoms with Crippen LogP contribution in [0.25, 0.3) is 0 Å². The molecule has 0 atom stereocenters. The second-order valence-corrected chi connectivity index (χ2v) is 3.96. The van der Waals surface area contributed by atoms with Gasteiger partial charge in [0, 0.05) is 0 Å². The standard InChI is InChI=1S/C12H12Br2/c13-9-3-7-11-5-1-2-6-12(11)8-4-10-14/h1-6,9-10H,7-8H2/b9-3+,10-4+. The minimum atomic E-state index is 0.984. The van der Waals surface area contributed by atoms with Crippen LogP contribution in [0.4, 0.5) is 0 Å². The summed E-state index contributed by atoms with van der Waals surface area (Å²) in [5, 5.41) is 0. The zero-order valence-corrected chi connectivity index (χ0v) is 11.0. The third kappa shape index (κ3) is 3.81. The average molecular weight is 316 g/mol. The molecule has 0 fully saturated rings. The lowest BCUT2D eigenvalue weighted by molar-refractivity contribution is 1.15. The fourth-order valence-corrected chi connectivity index (χ4v) is 1.67. The van der Waals surface area contributed by atoms with Gasteiger partial charge in [0.2, 0.25) is 0 Å². The SMILES string of the molecule is Br/C=C/Cc1ccccc1C/C=C/Br. The summed E-state index contributed by atoms with van der Waals surface area (Å²) in [4.78, 5) is 3.81. The lowest BCUT2D eigenvalue weighted by Gasteiger charge is -2.04. The van der Waals surface area contributed by atoms with Crippen molar-refractivity contribution in [3.05, 3.63) is 57.5 Å². The quantitative estimate of drug-likeness (QED) is 0.762. The van der Waals surface area contributed by atoms with Crippen molar-refractivity contribution in [3.8, 4) is 0 Å². The number of benzene rings is 1. The van der Waals surface area contributed by atoms with E-state index in [1.54, 1.807) is 0 Å². The summed E-state index contributed by atoms with van der Waals surface area (Å²) in [5.41, 5.74) is 2.77. The molecule has 74 valence electrons. The van der Waals surface area contributed by atoms with Crippen molar-refractivity contribution in [1.29, 1.82) is 0 Å². The van der Waals surface area contributed by atoms with E-state index in [1.165, 1.54) is 11.1 Å². The maximum Gasteiger partial charge on any atom is -0.00864 e. The van der Waals surface area contributed by atoms with E-state index in [2.05, 4.69) is 68.3 Å². The maximum atomic E-state index is 3.28. The summed E-state index contributed by atoms with van der Waals surface area (Å²) in [6, 6.07) is 8.51. The summed E-state index contributed by atoms with van der Waals surface area (Å²) >= 11 is 6.56. The Balaban J connectivity index is 2.79. The van der Waals surface area contributed by atoms with Gasteiger partial charge in [0.1, 0.15) is 0 Å². The highest BCUT2D eigenvalue weighted by molar-refractivity contribution is 9.11. The second-order valence-electron chi connectivity index (χ2n) is 2.90. The second kappa shape index (κ2) is 7.02. The topological polar surface area (TPSA) is 0 Å². The van der Waals surface area contributed by atoms with Crippen molar-refractivity contribution in [2.24, 2.45) is 0 Å². The summed E-state index contributed by atoms with van der Waals surface area (Å²) in [6.45, 7) is 0. The molecule has 0 aromatic heterocycles. The van der Waals surface area contributed by atoms with Crippen LogP contribution in [0, 0.1) is 0 Å². The Hall–Kier alpha value is -0.340. The summed E-state index contributed by atoms with van der Waals surface area (Å²) in [6.07, 6.45) is 6.18. The summed E-state index contributed by atoms with van der Waals surface area (Å²) in [5.74, 6) is 0. The minimum absolute atomic E-state index is 0.984. The zero-order valence-electron chi connectivity index (χ0n) is 7.79. The molecule has 0 radical (unpaired) electrons. The largest absolute Gasteiger partial charge is 0.0732 e. The van der Waals surface area contributed by atoms with Gasteiger partial charge in [-0.25, -0.2) is 0 Å². The van der Waals surface area contributed by atoms with Crippen LogP contribution in [0.3, 0.4) is 0 Å². The van der Waals surface area contributed by atoms with Crippen LogP contribution < -0.4 is 0 Å². The molecule has 0 aliphatic heterocycles. The molecular formula is C12H12Br2. The number of allylic oxidation sites excluding steroid dienone is 2. The fraction of sp³-hybridized carbons (Fsp3) is 0.167. The Kier molecular flexibility index (Phi) is 5.88. The van der Waals surface area contributed by atoms with Gasteiger partial charge in [-0.3, -0.25) is 0 Å². The Morgan fingerprint density at radius 3 is 1.64 bits per heavy atom. The Morgan fingerprint density at radius 2 is 1.29 bits per heavy atom. The predicted octanol–water partition coefficient (Wildman–Crippen LogP) is 4.59. The maximum absolute atomic E-state index is 3.28. The van der Waals surface area contributed by atoms with Crippen LogP contribution >= 0.6 is 31.9 Å². The van der Waals surface area contributed by atoms with Gasteiger partial charge in [0.05, 0.1) is 0 Å². The van der Waals surface area contributed by atoms with Gasteiger partial charge in [-0.2, -0.15) is 0 Å². The van der Waals surface area contributed by atoms with E-state index in [1.807, 2.05) is 9.97 Å². The number of hydrogen-bond acceptors (Lipinski definition) is 0. The highest BCUT2D eigenvalue weighted by Crippen LogP contribution is 2.12. The number of rotatable bonds is 4. The monoisotopic (exact) mass is 314 g/mol. The Bertz CT molecular complexity index is 294. The van der Waals surface area contributed by atoms with Crippen molar-refractivity contribution >= 4 is 31.9 Å². The molecule has 2 heteroatoms. The van der Waals surface area contributed by atoms with Crippen LogP contribution in [0.15, 0.2) is 46.4 Å². The van der Waals surface area contributed by atoms with Crippen molar-refractivity contribution in [2.75, 3.05) is 0 Å². The molecule has 0 N–H and O–H groups in total. The first-order chi connectivity index (χ1) is 6.88. The molecule has 1 aromatic rings. The van der Waals surface area contributed by atoms with Gasteiger partial charge in [-0.15, -0.1) is 0 Å². The van der Waals surface area contributed by atoms with Crippen molar-refractivity contribution in [1.82, 2.24) is 0 Å². The van der Waals surface area contributed by atoms with Crippen LogP contribution in [-0.4, -0.2) is 0 Å². The van der Waals surface area contributed by atoms with Crippen molar-refractivity contribution in [2.45, 2.75) is 12.8 Å². The first-order valence-corrected chi connectivity index (χ1v) is 6.29. The highest BCUT2D eigenvalue weighted by atomic mass is 79.9. The average Bonchev–Trinajstić information content (AvgIpc) is 2.24. The molecule has 0 unspecified atom stereocenters. The lowest BCUT2D eigenvalue weighted by atomic mass is 10.0. The molecule has 0 saturated carbocycles. The highest BCUT2D eigenvalue weighted by Gasteiger charge is 1.97. The normalized spacial score (nSPS) is 11.6. The van der Waals surface area contributed by atoms with Gasteiger partial charge in [-0.05, 0) is 33.9 Å². The molecule has 0 bridgehead atoms. The van der Waals surface area contributed by atoms with Crippen LogP contribution in [-0.2, 0) is 12.8 Å². The molecule has 0 heterocycles. The predicted molar refractivity (Wildman–Crippen MR) is 70.0 cm³/mol. The molecule has 0 aliphatic carbocycles. The van der Waals surface area contributed by atoms with Crippen LogP contribution in [0.5, 0.6) is 0 Å². The van der Waals surface area contributed by atoms with Gasteiger partial charge in [0.15, 0.2) is 0 Å². The van der Waals surface area contributed by atoms with E-state index in [0.29, 0.717) is 0 Å². The van der Waals surface area contributed by atoms with Gasteiger partial charge in [0.25, 0.3) is 0 Å². The Labute approximate surface area is 102 Å². The van der Waals surface area contributed by atoms with Crippen molar-refractivity contribution in [3.63, 3.8) is 0 Å². The van der Waals surface area contributed by atoms with Gasteiger partial charge in [-0.1, -0.05) is 68.3 Å². The lowest BCUT2D eigenvalue weighted by Crippen LogP contribution is -1.90. The molecule has 0 spiro atoms. The molecule has 14 heavy (non-hydrogen) atoms. The van der Waals surface area contributed by atoms with E-state index in [-0.39, 0.29) is 0 Å². The molecule has 0 amide bonds. The smallest absolute Gasteiger partial charge is 0.00864 e. The molecule has 0 aliphatic rings. The van der Waals surface area contributed by atoms with Crippen LogP contribution in [0.2, 0.25) is 0 Å². The van der Waals surface area contributed by atoms with Gasteiger partial charge < -0.3 is 0 Å². The number of halogens is 2. The van der Waals surface area contributed by atoms with Crippen molar-refractivity contribution < 1.29 is 0 Å². The third-order valence-electron chi connectivity index (χ3n) is 1.97. The first kappa shape index (κ1) is 11.7. The van der Waals surface area contributed by atoms with E-state index in [0.717, 1.165) is 12.8 Å². The summed E-state index contributed by atoms with van der Waals surface area (Å²) < 4.78 is 0. The zero-order chi connectivity index (χ0) is 10.2. The minimum Gasteiger partial charge on any atom is -0.0732 e. The fourth-order valence-electron chi connectivity index (χ4n) is 1.30. The van der Waals surface area contributed by atoms with E-state index >= 15 is 0 Å². The molecular weight excluding hydrogens is 304 g/mol. The van der Waals surface area contributed by atoms with Gasteiger partial charge >= 0.3 is 0 Å². The molecule has 0 nitrogen and oxygen atoms in total. The molecule has 1 rings (SSSR count). The van der Waals surface area contributed by atoms with E-state index < -0.39 is 0 Å². The molecule has 0 saturated heterocycles. The number of hydrogen-bond donors (Lipinski definition) is 0. The Morgan fingerprint density at radius 1 is 0.857 bits per heavy atom. The summed E-state index contributed by atoms with van der Waals surface area (Å²) in [7, 11) is 0. The molecule has 1 aromatic carbocycles. The first-order valence-electron chi connectivity index (χ1n) is 4.45. The van der Waals surface area contributed by atoms with Crippen LogP contribution in [0.1, 0.15) is 11.1 Å². The van der Waals surface area contributed by atoms with E-state index in [9.17, 15) is 0 Å². The third-order valence-corrected chi connectivity index (χ3v) is 2.72.